The van der Waals surface area contributed by atoms with Crippen molar-refractivity contribution in [2.75, 3.05) is 0 Å². The van der Waals surface area contributed by atoms with Crippen molar-refractivity contribution in [2.45, 2.75) is 18.7 Å². The summed E-state index contributed by atoms with van der Waals surface area (Å²) >= 11 is 6.01. The number of aryl methyl sites for hydroxylation is 2. The molecule has 0 heterocycles. The van der Waals surface area contributed by atoms with Crippen LogP contribution in [0, 0.1) is 24.0 Å². The van der Waals surface area contributed by atoms with Gasteiger partial charge in [0.2, 0.25) is 0 Å². The highest BCUT2D eigenvalue weighted by Gasteiger charge is 2.27. The molecule has 0 amide bonds. The van der Waals surface area contributed by atoms with Crippen LogP contribution in [0.1, 0.15) is 11.1 Å². The number of para-hydroxylation sites is 1. The van der Waals surface area contributed by atoms with Crippen molar-refractivity contribution in [3.63, 3.8) is 0 Å². The fourth-order valence-corrected chi connectivity index (χ4v) is 3.14. The smallest absolute Gasteiger partial charge is 0.346 e. The van der Waals surface area contributed by atoms with E-state index < -0.39 is 25.6 Å². The number of nitrogens with zero attached hydrogens (tertiary/aromatic N) is 1. The van der Waals surface area contributed by atoms with Crippen LogP contribution >= 0.6 is 11.6 Å². The van der Waals surface area contributed by atoms with Gasteiger partial charge in [-0.2, -0.15) is 8.42 Å². The average Bonchev–Trinajstić information content (AvgIpc) is 2.44. The maximum atomic E-state index is 12.3. The zero-order valence-corrected chi connectivity index (χ0v) is 13.3. The lowest BCUT2D eigenvalue weighted by atomic mass is 10.1. The minimum Gasteiger partial charge on any atom is -0.379 e. The Morgan fingerprint density at radius 2 is 1.68 bits per heavy atom. The highest BCUT2D eigenvalue weighted by atomic mass is 35.5. The first kappa shape index (κ1) is 16.3. The van der Waals surface area contributed by atoms with Gasteiger partial charge in [0.25, 0.3) is 5.69 Å². The van der Waals surface area contributed by atoms with E-state index in [1.807, 2.05) is 0 Å². The molecule has 0 saturated carbocycles. The summed E-state index contributed by atoms with van der Waals surface area (Å²) in [5.41, 5.74) is 0.758. The average molecular weight is 342 g/mol. The van der Waals surface area contributed by atoms with Gasteiger partial charge in [-0.25, -0.2) is 0 Å². The lowest BCUT2D eigenvalue weighted by Gasteiger charge is -2.10. The highest BCUT2D eigenvalue weighted by molar-refractivity contribution is 7.87. The summed E-state index contributed by atoms with van der Waals surface area (Å²) in [6.07, 6.45) is 0. The highest BCUT2D eigenvalue weighted by Crippen LogP contribution is 2.30. The fraction of sp³-hybridized carbons (Fsp3) is 0.143. The zero-order chi connectivity index (χ0) is 16.5. The lowest BCUT2D eigenvalue weighted by Crippen LogP contribution is -2.12. The lowest BCUT2D eigenvalue weighted by molar-refractivity contribution is -0.387. The van der Waals surface area contributed by atoms with Gasteiger partial charge in [0.05, 0.1) is 4.92 Å². The molecular formula is C14H12ClNO5S. The molecule has 0 radical (unpaired) electrons. The van der Waals surface area contributed by atoms with Gasteiger partial charge in [0, 0.05) is 11.1 Å². The summed E-state index contributed by atoms with van der Waals surface area (Å²) in [6, 6.07) is 7.93. The second-order valence-electron chi connectivity index (χ2n) is 4.63. The molecule has 0 unspecified atom stereocenters. The van der Waals surface area contributed by atoms with Crippen molar-refractivity contribution < 1.29 is 17.5 Å². The van der Waals surface area contributed by atoms with Crippen LogP contribution in [0.4, 0.5) is 5.69 Å². The van der Waals surface area contributed by atoms with Crippen molar-refractivity contribution in [3.05, 3.63) is 62.7 Å². The van der Waals surface area contributed by atoms with Gasteiger partial charge >= 0.3 is 10.1 Å². The quantitative estimate of drug-likeness (QED) is 0.481. The van der Waals surface area contributed by atoms with E-state index in [0.717, 1.165) is 12.1 Å². The first-order chi connectivity index (χ1) is 10.2. The molecule has 0 spiro atoms. The number of hydrogen-bond donors (Lipinski definition) is 0. The summed E-state index contributed by atoms with van der Waals surface area (Å²) in [6.45, 7) is 3.42. The molecule has 22 heavy (non-hydrogen) atoms. The summed E-state index contributed by atoms with van der Waals surface area (Å²) in [5, 5.41) is 11.5. The molecule has 2 aromatic carbocycles. The van der Waals surface area contributed by atoms with Crippen molar-refractivity contribution in [3.8, 4) is 5.75 Å². The van der Waals surface area contributed by atoms with Crippen LogP contribution in [0.3, 0.4) is 0 Å². The Bertz CT molecular complexity index is 825. The molecule has 0 saturated heterocycles. The Hall–Kier alpha value is -2.12. The topological polar surface area (TPSA) is 86.5 Å². The molecule has 2 aromatic rings. The number of halogens is 1. The Balaban J connectivity index is 2.47. The third-order valence-corrected chi connectivity index (χ3v) is 4.84. The minimum atomic E-state index is -4.32. The summed E-state index contributed by atoms with van der Waals surface area (Å²) < 4.78 is 29.6. The maximum Gasteiger partial charge on any atom is 0.346 e. The van der Waals surface area contributed by atoms with Crippen LogP contribution in [0.2, 0.25) is 5.02 Å². The number of nitro groups is 1. The predicted octanol–water partition coefficient (Wildman–Crippen LogP) is 3.63. The molecule has 0 aliphatic heterocycles. The van der Waals surface area contributed by atoms with Crippen LogP contribution in [0.15, 0.2) is 41.3 Å². The molecule has 2 rings (SSSR count). The molecule has 0 aromatic heterocycles. The standard InChI is InChI=1S/C14H12ClNO5S/c1-9-7-11(8-10(2)14(9)15)21-22(19,20)13-6-4-3-5-12(13)16(17)18/h3-8H,1-2H3. The number of hydrogen-bond acceptors (Lipinski definition) is 5. The molecule has 116 valence electrons. The van der Waals surface area contributed by atoms with E-state index in [0.29, 0.717) is 16.1 Å². The SMILES string of the molecule is Cc1cc(OS(=O)(=O)c2ccccc2[N+](=O)[O-])cc(C)c1Cl. The van der Waals surface area contributed by atoms with Crippen LogP contribution in [-0.2, 0) is 10.1 Å². The van der Waals surface area contributed by atoms with Gasteiger partial charge in [0.15, 0.2) is 4.90 Å². The van der Waals surface area contributed by atoms with Gasteiger partial charge in [-0.05, 0) is 43.2 Å². The zero-order valence-electron chi connectivity index (χ0n) is 11.7. The van der Waals surface area contributed by atoms with Gasteiger partial charge in [0.1, 0.15) is 5.75 Å². The van der Waals surface area contributed by atoms with E-state index in [1.165, 1.54) is 24.3 Å². The van der Waals surface area contributed by atoms with Crippen molar-refractivity contribution in [1.82, 2.24) is 0 Å². The Morgan fingerprint density at radius 1 is 1.14 bits per heavy atom. The second kappa shape index (κ2) is 5.94. The number of benzene rings is 2. The Morgan fingerprint density at radius 3 is 2.23 bits per heavy atom. The molecule has 0 bridgehead atoms. The molecule has 6 nitrogen and oxygen atoms in total. The fourth-order valence-electron chi connectivity index (χ4n) is 1.95. The van der Waals surface area contributed by atoms with Crippen LogP contribution < -0.4 is 4.18 Å². The van der Waals surface area contributed by atoms with E-state index in [1.54, 1.807) is 13.8 Å². The number of rotatable bonds is 4. The summed E-state index contributed by atoms with van der Waals surface area (Å²) in [4.78, 5) is 9.68. The van der Waals surface area contributed by atoms with E-state index in [4.69, 9.17) is 15.8 Å². The van der Waals surface area contributed by atoms with Gasteiger partial charge in [-0.3, -0.25) is 10.1 Å². The van der Waals surface area contributed by atoms with Gasteiger partial charge in [-0.15, -0.1) is 0 Å². The van der Waals surface area contributed by atoms with E-state index >= 15 is 0 Å². The van der Waals surface area contributed by atoms with E-state index in [-0.39, 0.29) is 5.75 Å². The third-order valence-electron chi connectivity index (χ3n) is 2.95. The third kappa shape index (κ3) is 3.20. The van der Waals surface area contributed by atoms with Crippen molar-refractivity contribution in [1.29, 1.82) is 0 Å². The predicted molar refractivity (Wildman–Crippen MR) is 81.8 cm³/mol. The van der Waals surface area contributed by atoms with Crippen molar-refractivity contribution in [2.24, 2.45) is 0 Å². The first-order valence-corrected chi connectivity index (χ1v) is 7.95. The van der Waals surface area contributed by atoms with Gasteiger partial charge in [-0.1, -0.05) is 23.7 Å². The Kier molecular flexibility index (Phi) is 4.39. The van der Waals surface area contributed by atoms with E-state index in [2.05, 4.69) is 0 Å². The monoisotopic (exact) mass is 341 g/mol. The van der Waals surface area contributed by atoms with Crippen molar-refractivity contribution >= 4 is 27.4 Å². The summed E-state index contributed by atoms with van der Waals surface area (Å²) in [7, 11) is -4.32. The largest absolute Gasteiger partial charge is 0.379 e. The summed E-state index contributed by atoms with van der Waals surface area (Å²) in [5.74, 6) is 0.0533. The second-order valence-corrected chi connectivity index (χ2v) is 6.53. The molecule has 8 heteroatoms. The Labute approximate surface area is 132 Å². The molecule has 0 fully saturated rings. The number of nitro benzene ring substituents is 1. The van der Waals surface area contributed by atoms with E-state index in [9.17, 15) is 18.5 Å². The molecular weight excluding hydrogens is 330 g/mol. The molecule has 0 aliphatic carbocycles. The maximum absolute atomic E-state index is 12.3. The van der Waals surface area contributed by atoms with Gasteiger partial charge < -0.3 is 4.18 Å². The minimum absolute atomic E-state index is 0.0533. The normalized spacial score (nSPS) is 11.2. The molecule has 0 aliphatic rings. The van der Waals surface area contributed by atoms with Crippen LogP contribution in [-0.4, -0.2) is 13.3 Å². The van der Waals surface area contributed by atoms with Crippen LogP contribution in [0.25, 0.3) is 0 Å². The molecule has 0 atom stereocenters. The first-order valence-electron chi connectivity index (χ1n) is 6.17. The van der Waals surface area contributed by atoms with Crippen LogP contribution in [0.5, 0.6) is 5.75 Å². The molecule has 0 N–H and O–H groups in total.